The Morgan fingerprint density at radius 3 is 2.47 bits per heavy atom. The predicted octanol–water partition coefficient (Wildman–Crippen LogP) is 4.12. The largest absolute Gasteiger partial charge is 0.349 e. The van der Waals surface area contributed by atoms with Crippen molar-refractivity contribution in [2.24, 2.45) is 0 Å². The smallest absolute Gasteiger partial charge is 0.283 e. The first-order valence-electron chi connectivity index (χ1n) is 9.56. The average Bonchev–Trinajstić information content (AvgIpc) is 3.07. The first kappa shape index (κ1) is 20.1. The highest BCUT2D eigenvalue weighted by atomic mass is 32.2. The first-order chi connectivity index (χ1) is 14.3. The number of benzene rings is 2. The fourth-order valence-corrected chi connectivity index (χ4v) is 4.53. The SMILES string of the molecule is CC(=O)C(Sc1nc2c([nH]c3ccccc32)c(=O)n1-c1cc(C)ccc1C)C(C)=O. The van der Waals surface area contributed by atoms with E-state index in [0.29, 0.717) is 21.9 Å². The molecule has 152 valence electrons. The Bertz CT molecular complexity index is 1370. The van der Waals surface area contributed by atoms with Crippen molar-refractivity contribution in [3.8, 4) is 5.69 Å². The maximum atomic E-state index is 13.6. The van der Waals surface area contributed by atoms with Gasteiger partial charge < -0.3 is 4.98 Å². The summed E-state index contributed by atoms with van der Waals surface area (Å²) in [5, 5.41) is 0.221. The first-order valence-corrected chi connectivity index (χ1v) is 10.4. The van der Waals surface area contributed by atoms with Gasteiger partial charge in [0, 0.05) is 10.9 Å². The van der Waals surface area contributed by atoms with Crippen LogP contribution < -0.4 is 5.56 Å². The molecule has 0 saturated carbocycles. The highest BCUT2D eigenvalue weighted by Gasteiger charge is 2.26. The second-order valence-corrected chi connectivity index (χ2v) is 8.51. The summed E-state index contributed by atoms with van der Waals surface area (Å²) in [7, 11) is 0. The van der Waals surface area contributed by atoms with Crippen LogP contribution in [0.2, 0.25) is 0 Å². The number of aryl methyl sites for hydroxylation is 2. The summed E-state index contributed by atoms with van der Waals surface area (Å²) in [4.78, 5) is 45.8. The maximum Gasteiger partial charge on any atom is 0.283 e. The quantitative estimate of drug-likeness (QED) is 0.299. The summed E-state index contributed by atoms with van der Waals surface area (Å²) in [5.74, 6) is -0.540. The molecule has 0 fully saturated rings. The number of rotatable bonds is 5. The van der Waals surface area contributed by atoms with E-state index in [1.165, 1.54) is 18.4 Å². The van der Waals surface area contributed by atoms with Crippen LogP contribution in [-0.4, -0.2) is 31.4 Å². The third-order valence-corrected chi connectivity index (χ3v) is 6.45. The van der Waals surface area contributed by atoms with E-state index >= 15 is 0 Å². The molecule has 0 aliphatic heterocycles. The van der Waals surface area contributed by atoms with Gasteiger partial charge in [0.25, 0.3) is 5.56 Å². The lowest BCUT2D eigenvalue weighted by molar-refractivity contribution is -0.123. The molecule has 4 aromatic rings. The summed E-state index contributed by atoms with van der Waals surface area (Å²) in [6, 6.07) is 13.4. The molecule has 7 heteroatoms. The second kappa shape index (κ2) is 7.57. The van der Waals surface area contributed by atoms with Crippen LogP contribution in [-0.2, 0) is 9.59 Å². The van der Waals surface area contributed by atoms with E-state index < -0.39 is 5.25 Å². The average molecular weight is 420 g/mol. The molecule has 0 amide bonds. The zero-order valence-corrected chi connectivity index (χ0v) is 18.0. The molecular weight excluding hydrogens is 398 g/mol. The van der Waals surface area contributed by atoms with Gasteiger partial charge in [-0.2, -0.15) is 0 Å². The van der Waals surface area contributed by atoms with Crippen LogP contribution in [0.1, 0.15) is 25.0 Å². The Kier molecular flexibility index (Phi) is 5.07. The molecule has 2 aromatic carbocycles. The highest BCUT2D eigenvalue weighted by Crippen LogP contribution is 2.30. The van der Waals surface area contributed by atoms with Crippen molar-refractivity contribution in [2.45, 2.75) is 38.1 Å². The third kappa shape index (κ3) is 3.35. The fraction of sp³-hybridized carbons (Fsp3) is 0.217. The summed E-state index contributed by atoms with van der Waals surface area (Å²) in [6.45, 7) is 6.62. The third-order valence-electron chi connectivity index (χ3n) is 5.06. The molecule has 0 atom stereocenters. The number of hydrogen-bond acceptors (Lipinski definition) is 5. The normalized spacial score (nSPS) is 11.5. The van der Waals surface area contributed by atoms with Crippen molar-refractivity contribution in [1.29, 1.82) is 0 Å². The lowest BCUT2D eigenvalue weighted by Crippen LogP contribution is -2.27. The number of thioether (sulfide) groups is 1. The van der Waals surface area contributed by atoms with Crippen molar-refractivity contribution in [3.05, 3.63) is 63.9 Å². The number of hydrogen-bond donors (Lipinski definition) is 1. The molecule has 2 heterocycles. The molecule has 30 heavy (non-hydrogen) atoms. The number of para-hydroxylation sites is 1. The number of ketones is 2. The van der Waals surface area contributed by atoms with Gasteiger partial charge in [0.15, 0.2) is 16.7 Å². The minimum Gasteiger partial charge on any atom is -0.349 e. The van der Waals surface area contributed by atoms with Gasteiger partial charge in [-0.15, -0.1) is 0 Å². The number of fused-ring (bicyclic) bond motifs is 3. The summed E-state index contributed by atoms with van der Waals surface area (Å²) in [6.07, 6.45) is 0. The van der Waals surface area contributed by atoms with Crippen LogP contribution in [0.3, 0.4) is 0 Å². The van der Waals surface area contributed by atoms with Gasteiger partial charge in [-0.3, -0.25) is 19.0 Å². The van der Waals surface area contributed by atoms with E-state index in [1.54, 1.807) is 0 Å². The van der Waals surface area contributed by atoms with Gasteiger partial charge in [0.2, 0.25) is 0 Å². The monoisotopic (exact) mass is 419 g/mol. The zero-order chi connectivity index (χ0) is 21.6. The summed E-state index contributed by atoms with van der Waals surface area (Å²) >= 11 is 1.02. The van der Waals surface area contributed by atoms with Crippen molar-refractivity contribution in [3.63, 3.8) is 0 Å². The molecule has 0 aliphatic carbocycles. The van der Waals surface area contributed by atoms with E-state index in [-0.39, 0.29) is 17.1 Å². The molecule has 0 radical (unpaired) electrons. The van der Waals surface area contributed by atoms with Crippen LogP contribution in [0.5, 0.6) is 0 Å². The Labute approximate surface area is 177 Å². The van der Waals surface area contributed by atoms with E-state index in [0.717, 1.165) is 33.8 Å². The number of carbonyl (C=O) groups is 2. The van der Waals surface area contributed by atoms with Crippen LogP contribution in [0.4, 0.5) is 0 Å². The number of aromatic nitrogens is 3. The number of H-pyrrole nitrogens is 1. The standard InChI is InChI=1S/C23H21N3O3S/c1-12-9-10-13(2)18(11-12)26-22(29)20-19(16-7-5-6-8-17(16)24-20)25-23(26)30-21(14(3)27)15(4)28/h5-11,21,24H,1-4H3. The topological polar surface area (TPSA) is 84.8 Å². The second-order valence-electron chi connectivity index (χ2n) is 7.44. The van der Waals surface area contributed by atoms with Gasteiger partial charge in [0.1, 0.15) is 16.3 Å². The fourth-order valence-electron chi connectivity index (χ4n) is 3.55. The molecule has 0 spiro atoms. The van der Waals surface area contributed by atoms with Crippen LogP contribution >= 0.6 is 11.8 Å². The number of aromatic amines is 1. The summed E-state index contributed by atoms with van der Waals surface area (Å²) < 4.78 is 1.50. The molecule has 0 bridgehead atoms. The van der Waals surface area contributed by atoms with E-state index in [1.807, 2.05) is 56.3 Å². The summed E-state index contributed by atoms with van der Waals surface area (Å²) in [5.41, 5.74) is 4.03. The minimum atomic E-state index is -0.920. The number of nitrogens with one attached hydrogen (secondary N) is 1. The molecule has 4 rings (SSSR count). The van der Waals surface area contributed by atoms with E-state index in [2.05, 4.69) is 4.98 Å². The van der Waals surface area contributed by atoms with E-state index in [4.69, 9.17) is 4.98 Å². The van der Waals surface area contributed by atoms with Gasteiger partial charge in [0.05, 0.1) is 5.69 Å². The van der Waals surface area contributed by atoms with Crippen LogP contribution in [0, 0.1) is 13.8 Å². The molecule has 2 aromatic heterocycles. The predicted molar refractivity (Wildman–Crippen MR) is 120 cm³/mol. The van der Waals surface area contributed by atoms with E-state index in [9.17, 15) is 14.4 Å². The van der Waals surface area contributed by atoms with Crippen molar-refractivity contribution in [2.75, 3.05) is 0 Å². The van der Waals surface area contributed by atoms with Gasteiger partial charge in [-0.05, 0) is 51.0 Å². The lowest BCUT2D eigenvalue weighted by atomic mass is 10.1. The number of nitrogens with zero attached hydrogens (tertiary/aromatic N) is 2. The molecule has 0 saturated heterocycles. The number of Topliss-reactive ketones (excluding diaryl/α,β-unsaturated/α-hetero) is 2. The van der Waals surface area contributed by atoms with Gasteiger partial charge in [-0.25, -0.2) is 4.98 Å². The molecule has 1 N–H and O–H groups in total. The van der Waals surface area contributed by atoms with Gasteiger partial charge in [-0.1, -0.05) is 42.1 Å². The maximum absolute atomic E-state index is 13.6. The minimum absolute atomic E-state index is 0.266. The van der Waals surface area contributed by atoms with Crippen LogP contribution in [0.15, 0.2) is 52.4 Å². The Morgan fingerprint density at radius 1 is 1.07 bits per heavy atom. The zero-order valence-electron chi connectivity index (χ0n) is 17.1. The highest BCUT2D eigenvalue weighted by molar-refractivity contribution is 8.01. The molecule has 6 nitrogen and oxygen atoms in total. The van der Waals surface area contributed by atoms with Crippen molar-refractivity contribution < 1.29 is 9.59 Å². The Morgan fingerprint density at radius 2 is 1.77 bits per heavy atom. The molecular formula is C23H21N3O3S. The van der Waals surface area contributed by atoms with Crippen molar-refractivity contribution in [1.82, 2.24) is 14.5 Å². The van der Waals surface area contributed by atoms with Gasteiger partial charge >= 0.3 is 0 Å². The molecule has 0 aliphatic rings. The Hall–Kier alpha value is -3.19. The number of carbonyl (C=O) groups excluding carboxylic acids is 2. The Balaban J connectivity index is 2.09. The lowest BCUT2D eigenvalue weighted by Gasteiger charge is -2.17. The molecule has 0 unspecified atom stereocenters. The van der Waals surface area contributed by atoms with Crippen molar-refractivity contribution >= 4 is 45.3 Å². The van der Waals surface area contributed by atoms with Crippen LogP contribution in [0.25, 0.3) is 27.6 Å².